The summed E-state index contributed by atoms with van der Waals surface area (Å²) in [5.74, 6) is -1.96. The van der Waals surface area contributed by atoms with Gasteiger partial charge in [0.05, 0.1) is 33.4 Å². The lowest BCUT2D eigenvalue weighted by Gasteiger charge is -2.24. The Labute approximate surface area is 229 Å². The van der Waals surface area contributed by atoms with Crippen LogP contribution in [0.3, 0.4) is 0 Å². The van der Waals surface area contributed by atoms with Crippen molar-refractivity contribution in [3.05, 3.63) is 85.9 Å². The molecule has 1 unspecified atom stereocenters. The van der Waals surface area contributed by atoms with Crippen molar-refractivity contribution < 1.29 is 24.5 Å². The second kappa shape index (κ2) is 9.48. The van der Waals surface area contributed by atoms with Crippen molar-refractivity contribution in [2.45, 2.75) is 19.9 Å². The van der Waals surface area contributed by atoms with Gasteiger partial charge in [-0.25, -0.2) is 4.98 Å². The third kappa shape index (κ3) is 4.27. The number of fused-ring (bicyclic) bond motifs is 1. The molecule has 0 saturated carbocycles. The second-order valence-corrected chi connectivity index (χ2v) is 10.9. The van der Waals surface area contributed by atoms with Crippen LogP contribution in [0.15, 0.2) is 58.6 Å². The number of nitrogens with zero attached hydrogens (tertiary/aromatic N) is 2. The third-order valence-corrected chi connectivity index (χ3v) is 8.08. The predicted molar refractivity (Wildman–Crippen MR) is 148 cm³/mol. The van der Waals surface area contributed by atoms with Gasteiger partial charge in [-0.05, 0) is 77.3 Å². The Morgan fingerprint density at radius 2 is 1.89 bits per heavy atom. The number of phenols is 1. The number of amides is 1. The average molecular weight is 600 g/mol. The molecule has 1 aliphatic rings. The van der Waals surface area contributed by atoms with Gasteiger partial charge in [-0.1, -0.05) is 40.6 Å². The van der Waals surface area contributed by atoms with Gasteiger partial charge in [0.1, 0.15) is 5.76 Å². The normalized spacial score (nSPS) is 17.1. The number of rotatable bonds is 4. The highest BCUT2D eigenvalue weighted by molar-refractivity contribution is 9.10. The van der Waals surface area contributed by atoms with E-state index >= 15 is 0 Å². The summed E-state index contributed by atoms with van der Waals surface area (Å²) < 4.78 is 6.36. The zero-order valence-electron chi connectivity index (χ0n) is 19.9. The van der Waals surface area contributed by atoms with E-state index < -0.39 is 17.7 Å². The molecule has 4 aromatic rings. The van der Waals surface area contributed by atoms with Gasteiger partial charge in [0, 0.05) is 10.6 Å². The Morgan fingerprint density at radius 1 is 1.14 bits per heavy atom. The van der Waals surface area contributed by atoms with E-state index in [9.17, 15) is 19.8 Å². The van der Waals surface area contributed by atoms with Gasteiger partial charge in [-0.2, -0.15) is 0 Å². The van der Waals surface area contributed by atoms with Crippen molar-refractivity contribution in [2.24, 2.45) is 0 Å². The van der Waals surface area contributed by atoms with E-state index in [4.69, 9.17) is 16.3 Å². The smallest absolute Gasteiger partial charge is 0.301 e. The lowest BCUT2D eigenvalue weighted by Crippen LogP contribution is -2.29. The Morgan fingerprint density at radius 3 is 2.62 bits per heavy atom. The standard InChI is InChI=1S/C27H20BrClN2O5S/c1-12-4-5-13(2)16(8-12)23(32)21-22(14-9-17(28)24(33)19(10-14)36-3)31(26(35)25(21)34)27-30-18-7-6-15(29)11-20(18)37-27/h4-11,22,32-33H,1-3H3. The van der Waals surface area contributed by atoms with Crippen molar-refractivity contribution in [3.8, 4) is 11.5 Å². The van der Waals surface area contributed by atoms with Crippen LogP contribution in [0, 0.1) is 13.8 Å². The molecule has 10 heteroatoms. The number of aromatic hydroxyl groups is 1. The molecule has 0 spiro atoms. The lowest BCUT2D eigenvalue weighted by molar-refractivity contribution is -0.132. The van der Waals surface area contributed by atoms with Gasteiger partial charge >= 0.3 is 5.91 Å². The molecule has 0 bridgehead atoms. The number of hydrogen-bond acceptors (Lipinski definition) is 7. The summed E-state index contributed by atoms with van der Waals surface area (Å²) in [6.45, 7) is 3.69. The number of thiazole rings is 1. The minimum absolute atomic E-state index is 0.0874. The quantitative estimate of drug-likeness (QED) is 0.154. The summed E-state index contributed by atoms with van der Waals surface area (Å²) in [7, 11) is 1.40. The zero-order valence-corrected chi connectivity index (χ0v) is 23.0. The molecule has 3 aromatic carbocycles. The fourth-order valence-corrected chi connectivity index (χ4v) is 6.11. The number of aliphatic hydroxyl groups is 1. The fourth-order valence-electron chi connectivity index (χ4n) is 4.38. The molecule has 5 rings (SSSR count). The molecule has 2 heterocycles. The topological polar surface area (TPSA) is 100.0 Å². The lowest BCUT2D eigenvalue weighted by atomic mass is 9.93. The number of ketones is 1. The molecule has 1 aromatic heterocycles. The number of aromatic nitrogens is 1. The monoisotopic (exact) mass is 598 g/mol. The molecule has 0 aliphatic carbocycles. The van der Waals surface area contributed by atoms with E-state index in [1.54, 1.807) is 30.3 Å². The number of phenolic OH excluding ortho intramolecular Hbond substituents is 1. The van der Waals surface area contributed by atoms with Crippen LogP contribution in [-0.2, 0) is 9.59 Å². The number of methoxy groups -OCH3 is 1. The molecule has 37 heavy (non-hydrogen) atoms. The van der Waals surface area contributed by atoms with Crippen LogP contribution in [0.5, 0.6) is 11.5 Å². The van der Waals surface area contributed by atoms with E-state index in [1.807, 2.05) is 26.0 Å². The molecular weight excluding hydrogens is 580 g/mol. The Balaban J connectivity index is 1.80. The average Bonchev–Trinajstić information content (AvgIpc) is 3.39. The molecule has 188 valence electrons. The second-order valence-electron chi connectivity index (χ2n) is 8.65. The first-order valence-corrected chi connectivity index (χ1v) is 13.1. The molecule has 2 N–H and O–H groups in total. The largest absolute Gasteiger partial charge is 0.507 e. The van der Waals surface area contributed by atoms with Crippen LogP contribution in [-0.4, -0.2) is 34.0 Å². The number of ether oxygens (including phenoxy) is 1. The zero-order chi connectivity index (χ0) is 26.6. The molecule has 0 radical (unpaired) electrons. The van der Waals surface area contributed by atoms with Gasteiger partial charge < -0.3 is 14.9 Å². The summed E-state index contributed by atoms with van der Waals surface area (Å²) in [5.41, 5.74) is 3.04. The van der Waals surface area contributed by atoms with E-state index in [0.29, 0.717) is 26.1 Å². The molecule has 1 aliphatic heterocycles. The van der Waals surface area contributed by atoms with E-state index in [1.165, 1.54) is 29.4 Å². The van der Waals surface area contributed by atoms with Crippen LogP contribution in [0.4, 0.5) is 5.13 Å². The summed E-state index contributed by atoms with van der Waals surface area (Å²) in [4.78, 5) is 32.9. The maximum atomic E-state index is 13.5. The van der Waals surface area contributed by atoms with Crippen LogP contribution >= 0.6 is 38.9 Å². The molecule has 7 nitrogen and oxygen atoms in total. The minimum Gasteiger partial charge on any atom is -0.507 e. The first-order valence-electron chi connectivity index (χ1n) is 11.1. The van der Waals surface area contributed by atoms with E-state index in [2.05, 4.69) is 20.9 Å². The highest BCUT2D eigenvalue weighted by Gasteiger charge is 2.48. The number of anilines is 1. The Kier molecular flexibility index (Phi) is 6.47. The summed E-state index contributed by atoms with van der Waals surface area (Å²) in [6.07, 6.45) is 0. The number of aryl methyl sites for hydroxylation is 2. The maximum absolute atomic E-state index is 13.5. The van der Waals surface area contributed by atoms with Crippen LogP contribution in [0.2, 0.25) is 5.02 Å². The van der Waals surface area contributed by atoms with Gasteiger partial charge in [0.25, 0.3) is 5.78 Å². The predicted octanol–water partition coefficient (Wildman–Crippen LogP) is 6.67. The molecule has 1 saturated heterocycles. The Hall–Kier alpha value is -3.40. The molecular formula is C27H20BrClN2O5S. The van der Waals surface area contributed by atoms with Crippen molar-refractivity contribution in [2.75, 3.05) is 12.0 Å². The highest BCUT2D eigenvalue weighted by atomic mass is 79.9. The third-order valence-electron chi connectivity index (χ3n) is 6.22. The number of carbonyl (C=O) groups excluding carboxylic acids is 2. The van der Waals surface area contributed by atoms with E-state index in [-0.39, 0.29) is 28.0 Å². The van der Waals surface area contributed by atoms with Gasteiger partial charge in [-0.15, -0.1) is 0 Å². The van der Waals surface area contributed by atoms with Gasteiger partial charge in [0.15, 0.2) is 16.6 Å². The van der Waals surface area contributed by atoms with Crippen LogP contribution in [0.1, 0.15) is 28.3 Å². The molecule has 1 fully saturated rings. The summed E-state index contributed by atoms with van der Waals surface area (Å²) in [5, 5.41) is 22.7. The van der Waals surface area contributed by atoms with Crippen molar-refractivity contribution in [1.82, 2.24) is 4.98 Å². The number of Topliss-reactive ketones (excluding diaryl/α,β-unsaturated/α-hetero) is 1. The highest BCUT2D eigenvalue weighted by Crippen LogP contribution is 2.47. The van der Waals surface area contributed by atoms with Gasteiger partial charge in [-0.3, -0.25) is 14.5 Å². The van der Waals surface area contributed by atoms with Crippen LogP contribution in [0.25, 0.3) is 16.0 Å². The number of halogens is 2. The van der Waals surface area contributed by atoms with Crippen molar-refractivity contribution in [1.29, 1.82) is 0 Å². The van der Waals surface area contributed by atoms with E-state index in [0.717, 1.165) is 15.8 Å². The molecule has 1 amide bonds. The number of aliphatic hydroxyl groups excluding tert-OH is 1. The van der Waals surface area contributed by atoms with Crippen molar-refractivity contribution >= 4 is 71.7 Å². The number of benzene rings is 3. The fraction of sp³-hybridized carbons (Fsp3) is 0.148. The first kappa shape index (κ1) is 25.3. The minimum atomic E-state index is -1.04. The Bertz CT molecular complexity index is 1650. The van der Waals surface area contributed by atoms with Crippen molar-refractivity contribution in [3.63, 3.8) is 0 Å². The first-order chi connectivity index (χ1) is 17.6. The SMILES string of the molecule is COc1cc(C2C(=C(O)c3cc(C)ccc3C)C(=O)C(=O)N2c2nc3ccc(Cl)cc3s2)cc(Br)c1O. The number of carbonyl (C=O) groups is 2. The molecule has 1 atom stereocenters. The van der Waals surface area contributed by atoms with Gasteiger partial charge in [0.2, 0.25) is 0 Å². The summed E-state index contributed by atoms with van der Waals surface area (Å²) in [6, 6.07) is 12.8. The maximum Gasteiger partial charge on any atom is 0.301 e. The van der Waals surface area contributed by atoms with Crippen LogP contribution < -0.4 is 9.64 Å². The number of hydrogen-bond donors (Lipinski definition) is 2. The summed E-state index contributed by atoms with van der Waals surface area (Å²) >= 11 is 10.7.